The number of carboxylic acids is 1. The second-order valence-electron chi connectivity index (χ2n) is 6.31. The van der Waals surface area contributed by atoms with Crippen LogP contribution in [0.3, 0.4) is 0 Å². The Morgan fingerprint density at radius 2 is 2.04 bits per heavy atom. The van der Waals surface area contributed by atoms with Crippen molar-refractivity contribution in [2.75, 3.05) is 0 Å². The SMILES string of the molecule is O=C(O)C1Cc2[nH]cnc2C(c2cccc(OCc3ccccc3)c2)N1. The third kappa shape index (κ3) is 3.32. The van der Waals surface area contributed by atoms with E-state index in [9.17, 15) is 9.90 Å². The van der Waals surface area contributed by atoms with E-state index in [-0.39, 0.29) is 6.04 Å². The van der Waals surface area contributed by atoms with Gasteiger partial charge in [-0.25, -0.2) is 4.98 Å². The minimum atomic E-state index is -0.869. The molecule has 0 saturated carbocycles. The minimum Gasteiger partial charge on any atom is -0.489 e. The average molecular weight is 349 g/mol. The smallest absolute Gasteiger partial charge is 0.321 e. The Morgan fingerprint density at radius 3 is 2.85 bits per heavy atom. The van der Waals surface area contributed by atoms with Crippen molar-refractivity contribution < 1.29 is 14.6 Å². The van der Waals surface area contributed by atoms with Gasteiger partial charge in [0.05, 0.1) is 18.1 Å². The molecule has 0 bridgehead atoms. The molecule has 2 atom stereocenters. The van der Waals surface area contributed by atoms with Crippen LogP contribution in [0.4, 0.5) is 0 Å². The number of H-pyrrole nitrogens is 1. The quantitative estimate of drug-likeness (QED) is 0.659. The Balaban J connectivity index is 1.57. The van der Waals surface area contributed by atoms with Gasteiger partial charge in [-0.15, -0.1) is 0 Å². The summed E-state index contributed by atoms with van der Waals surface area (Å²) < 4.78 is 5.89. The van der Waals surface area contributed by atoms with Crippen molar-refractivity contribution in [3.63, 3.8) is 0 Å². The average Bonchev–Trinajstić information content (AvgIpc) is 3.15. The summed E-state index contributed by atoms with van der Waals surface area (Å²) in [5.41, 5.74) is 3.71. The number of hydrogen-bond acceptors (Lipinski definition) is 4. The predicted octanol–water partition coefficient (Wildman–Crippen LogP) is 2.68. The van der Waals surface area contributed by atoms with E-state index in [4.69, 9.17) is 4.74 Å². The Morgan fingerprint density at radius 1 is 1.19 bits per heavy atom. The summed E-state index contributed by atoms with van der Waals surface area (Å²) in [7, 11) is 0. The standard InChI is InChI=1S/C20H19N3O3/c24-20(25)17-10-16-19(22-12-21-16)18(23-17)14-7-4-8-15(9-14)26-11-13-5-2-1-3-6-13/h1-9,12,17-18,23H,10-11H2,(H,21,22)(H,24,25). The van der Waals surface area contributed by atoms with Crippen LogP contribution in [0.15, 0.2) is 60.9 Å². The summed E-state index contributed by atoms with van der Waals surface area (Å²) in [6, 6.07) is 16.7. The van der Waals surface area contributed by atoms with Gasteiger partial charge in [0.2, 0.25) is 0 Å². The highest BCUT2D eigenvalue weighted by Crippen LogP contribution is 2.30. The van der Waals surface area contributed by atoms with Gasteiger partial charge in [-0.05, 0) is 23.3 Å². The van der Waals surface area contributed by atoms with Gasteiger partial charge in [0.25, 0.3) is 0 Å². The van der Waals surface area contributed by atoms with Gasteiger partial charge >= 0.3 is 5.97 Å². The molecule has 132 valence electrons. The van der Waals surface area contributed by atoms with Crippen molar-refractivity contribution in [3.05, 3.63) is 83.4 Å². The summed E-state index contributed by atoms with van der Waals surface area (Å²) >= 11 is 0. The van der Waals surface area contributed by atoms with Crippen LogP contribution in [-0.4, -0.2) is 27.1 Å². The Labute approximate surface area is 150 Å². The molecule has 2 aromatic carbocycles. The summed E-state index contributed by atoms with van der Waals surface area (Å²) in [6.45, 7) is 0.480. The first kappa shape index (κ1) is 16.4. The van der Waals surface area contributed by atoms with Gasteiger partial charge in [0.1, 0.15) is 18.4 Å². The summed E-state index contributed by atoms with van der Waals surface area (Å²) in [5.74, 6) is -0.130. The molecule has 0 amide bonds. The first-order valence-electron chi connectivity index (χ1n) is 8.48. The van der Waals surface area contributed by atoms with Gasteiger partial charge in [-0.1, -0.05) is 42.5 Å². The monoisotopic (exact) mass is 349 g/mol. The number of fused-ring (bicyclic) bond motifs is 1. The number of imidazole rings is 1. The molecule has 0 aliphatic carbocycles. The van der Waals surface area contributed by atoms with Gasteiger partial charge in [0.15, 0.2) is 0 Å². The second kappa shape index (κ2) is 7.01. The summed E-state index contributed by atoms with van der Waals surface area (Å²) in [5, 5.41) is 12.6. The zero-order valence-electron chi connectivity index (χ0n) is 14.1. The minimum absolute atomic E-state index is 0.286. The maximum atomic E-state index is 11.5. The van der Waals surface area contributed by atoms with Gasteiger partial charge in [-0.2, -0.15) is 0 Å². The fraction of sp³-hybridized carbons (Fsp3) is 0.200. The summed E-state index contributed by atoms with van der Waals surface area (Å²) in [4.78, 5) is 18.9. The molecule has 0 radical (unpaired) electrons. The van der Waals surface area contributed by atoms with Crippen LogP contribution in [0.1, 0.15) is 28.6 Å². The molecule has 0 saturated heterocycles. The number of nitrogens with zero attached hydrogens (tertiary/aromatic N) is 1. The number of benzene rings is 2. The van der Waals surface area contributed by atoms with Crippen LogP contribution in [0.25, 0.3) is 0 Å². The van der Waals surface area contributed by atoms with E-state index in [1.54, 1.807) is 6.33 Å². The third-order valence-electron chi connectivity index (χ3n) is 4.54. The molecular weight excluding hydrogens is 330 g/mol. The van der Waals surface area contributed by atoms with E-state index in [1.807, 2.05) is 54.6 Å². The number of nitrogens with one attached hydrogen (secondary N) is 2. The van der Waals surface area contributed by atoms with E-state index >= 15 is 0 Å². The number of aromatic nitrogens is 2. The molecule has 6 nitrogen and oxygen atoms in total. The van der Waals surface area contributed by atoms with Crippen molar-refractivity contribution >= 4 is 5.97 Å². The molecule has 4 rings (SSSR count). The third-order valence-corrected chi connectivity index (χ3v) is 4.54. The van der Waals surface area contributed by atoms with Crippen LogP contribution in [0.2, 0.25) is 0 Å². The fourth-order valence-electron chi connectivity index (χ4n) is 3.22. The van der Waals surface area contributed by atoms with E-state index < -0.39 is 12.0 Å². The van der Waals surface area contributed by atoms with Gasteiger partial charge in [-0.3, -0.25) is 10.1 Å². The molecule has 1 aliphatic rings. The van der Waals surface area contributed by atoms with Crippen LogP contribution in [0, 0.1) is 0 Å². The highest BCUT2D eigenvalue weighted by atomic mass is 16.5. The number of ether oxygens (including phenoxy) is 1. The number of carboxylic acid groups (broad SMARTS) is 1. The maximum absolute atomic E-state index is 11.5. The molecule has 0 spiro atoms. The maximum Gasteiger partial charge on any atom is 0.321 e. The van der Waals surface area contributed by atoms with Crippen LogP contribution in [-0.2, 0) is 17.8 Å². The van der Waals surface area contributed by atoms with Crippen LogP contribution in [0.5, 0.6) is 5.75 Å². The molecule has 26 heavy (non-hydrogen) atoms. The topological polar surface area (TPSA) is 87.2 Å². The summed E-state index contributed by atoms with van der Waals surface area (Å²) in [6.07, 6.45) is 2.00. The fourth-order valence-corrected chi connectivity index (χ4v) is 3.22. The van der Waals surface area contributed by atoms with Crippen molar-refractivity contribution in [2.24, 2.45) is 0 Å². The first-order chi connectivity index (χ1) is 12.7. The van der Waals surface area contributed by atoms with E-state index in [0.29, 0.717) is 13.0 Å². The Hall–Kier alpha value is -3.12. The second-order valence-corrected chi connectivity index (χ2v) is 6.31. The molecule has 2 heterocycles. The number of hydrogen-bond donors (Lipinski definition) is 3. The number of carbonyl (C=O) groups is 1. The number of aliphatic carboxylic acids is 1. The molecule has 1 aromatic heterocycles. The zero-order chi connectivity index (χ0) is 17.9. The van der Waals surface area contributed by atoms with Gasteiger partial charge < -0.3 is 14.8 Å². The lowest BCUT2D eigenvalue weighted by molar-refractivity contribution is -0.139. The van der Waals surface area contributed by atoms with Crippen LogP contribution < -0.4 is 10.1 Å². The van der Waals surface area contributed by atoms with Crippen molar-refractivity contribution in [1.29, 1.82) is 0 Å². The predicted molar refractivity (Wildman–Crippen MR) is 95.9 cm³/mol. The number of aromatic amines is 1. The highest BCUT2D eigenvalue weighted by Gasteiger charge is 2.33. The van der Waals surface area contributed by atoms with Crippen molar-refractivity contribution in [3.8, 4) is 5.75 Å². The molecule has 3 N–H and O–H groups in total. The van der Waals surface area contributed by atoms with E-state index in [2.05, 4.69) is 15.3 Å². The molecule has 1 aliphatic heterocycles. The van der Waals surface area contributed by atoms with Gasteiger partial charge in [0, 0.05) is 12.1 Å². The molecule has 0 fully saturated rings. The highest BCUT2D eigenvalue weighted by molar-refractivity contribution is 5.74. The normalized spacial score (nSPS) is 18.9. The molecule has 2 unspecified atom stereocenters. The number of rotatable bonds is 5. The molecule has 6 heteroatoms. The zero-order valence-corrected chi connectivity index (χ0v) is 14.1. The first-order valence-corrected chi connectivity index (χ1v) is 8.48. The van der Waals surface area contributed by atoms with Crippen molar-refractivity contribution in [1.82, 2.24) is 15.3 Å². The largest absolute Gasteiger partial charge is 0.489 e. The van der Waals surface area contributed by atoms with Crippen LogP contribution >= 0.6 is 0 Å². The lowest BCUT2D eigenvalue weighted by Crippen LogP contribution is -2.45. The molecule has 3 aromatic rings. The Kier molecular flexibility index (Phi) is 4.41. The lowest BCUT2D eigenvalue weighted by Gasteiger charge is -2.28. The lowest BCUT2D eigenvalue weighted by atomic mass is 9.94. The molecular formula is C20H19N3O3. The van der Waals surface area contributed by atoms with Crippen molar-refractivity contribution in [2.45, 2.75) is 25.1 Å². The Bertz CT molecular complexity index is 907. The van der Waals surface area contributed by atoms with E-state index in [0.717, 1.165) is 28.3 Å². The van der Waals surface area contributed by atoms with E-state index in [1.165, 1.54) is 0 Å².